The summed E-state index contributed by atoms with van der Waals surface area (Å²) in [5, 5.41) is 2.76. The molecule has 0 spiro atoms. The fraction of sp³-hybridized carbons (Fsp3) is 0.476. The number of amides is 1. The lowest BCUT2D eigenvalue weighted by Crippen LogP contribution is -2.55. The number of alkyl carbamates (subject to hydrolysis) is 1. The molecule has 1 heterocycles. The maximum atomic E-state index is 12.4. The molecule has 1 N–H and O–H groups in total. The van der Waals surface area contributed by atoms with E-state index in [1.54, 1.807) is 0 Å². The summed E-state index contributed by atoms with van der Waals surface area (Å²) >= 11 is 5.70. The molecule has 4 atom stereocenters. The number of hydrogen-bond donors (Lipinski definition) is 1. The Kier molecular flexibility index (Phi) is 7.99. The van der Waals surface area contributed by atoms with Gasteiger partial charge in [0.05, 0.1) is 13.2 Å². The zero-order valence-electron chi connectivity index (χ0n) is 16.6. The third-order valence-corrected chi connectivity index (χ3v) is 5.51. The quantitative estimate of drug-likeness (QED) is 0.426. The first-order valence-corrected chi connectivity index (χ1v) is 9.79. The van der Waals surface area contributed by atoms with Gasteiger partial charge in [0.25, 0.3) is 0 Å². The van der Waals surface area contributed by atoms with Gasteiger partial charge in [-0.25, -0.2) is 4.79 Å². The summed E-state index contributed by atoms with van der Waals surface area (Å²) in [6, 6.07) is 9.05. The molecule has 2 rings (SSSR count). The fourth-order valence-corrected chi connectivity index (χ4v) is 4.06. The van der Waals surface area contributed by atoms with Crippen molar-refractivity contribution in [3.63, 3.8) is 0 Å². The summed E-state index contributed by atoms with van der Waals surface area (Å²) < 4.78 is 10.2. The first kappa shape index (κ1) is 21.9. The highest BCUT2D eigenvalue weighted by Gasteiger charge is 2.38. The van der Waals surface area contributed by atoms with E-state index in [2.05, 4.69) is 30.6 Å². The summed E-state index contributed by atoms with van der Waals surface area (Å²) in [4.78, 5) is 27.3. The van der Waals surface area contributed by atoms with E-state index in [1.807, 2.05) is 30.3 Å². The number of esters is 1. The lowest BCUT2D eigenvalue weighted by Gasteiger charge is -2.35. The highest BCUT2D eigenvalue weighted by molar-refractivity contribution is 7.80. The van der Waals surface area contributed by atoms with Crippen LogP contribution in [0.4, 0.5) is 4.79 Å². The summed E-state index contributed by atoms with van der Waals surface area (Å²) in [7, 11) is 1.30. The second kappa shape index (κ2) is 10.2. The van der Waals surface area contributed by atoms with Crippen LogP contribution in [0, 0.1) is 5.92 Å². The van der Waals surface area contributed by atoms with Crippen LogP contribution in [0.1, 0.15) is 32.3 Å². The monoisotopic (exact) mass is 404 g/mol. The SMILES string of the molecule is C=C[C@@H](C(=O)OC)[C@H](NC(=O)OCc1ccccc1)C(=S)N1C(C)CC[C@H]1C. The van der Waals surface area contributed by atoms with E-state index in [-0.39, 0.29) is 18.7 Å². The van der Waals surface area contributed by atoms with Crippen molar-refractivity contribution >= 4 is 29.3 Å². The molecule has 1 aromatic carbocycles. The van der Waals surface area contributed by atoms with Crippen molar-refractivity contribution in [2.75, 3.05) is 7.11 Å². The molecule has 1 saturated heterocycles. The van der Waals surface area contributed by atoms with Gasteiger partial charge in [-0.05, 0) is 32.3 Å². The molecule has 28 heavy (non-hydrogen) atoms. The van der Waals surface area contributed by atoms with Gasteiger partial charge in [0.2, 0.25) is 0 Å². The van der Waals surface area contributed by atoms with Crippen LogP contribution in [0.15, 0.2) is 43.0 Å². The van der Waals surface area contributed by atoms with Crippen molar-refractivity contribution in [3.8, 4) is 0 Å². The molecular formula is C21H28N2O4S. The van der Waals surface area contributed by atoms with Crippen molar-refractivity contribution in [3.05, 3.63) is 48.6 Å². The standard InChI is InChI=1S/C21H28N2O4S/c1-5-17(20(24)26-4)18(19(28)23-14(2)11-12-15(23)3)22-21(25)27-13-16-9-7-6-8-10-16/h5-10,14-15,17-18H,1,11-13H2,2-4H3,(H,22,25)/t14-,15?,17-,18+/m1/s1. The lowest BCUT2D eigenvalue weighted by molar-refractivity contribution is -0.144. The second-order valence-corrected chi connectivity index (χ2v) is 7.41. The number of rotatable bonds is 7. The molecule has 0 aromatic heterocycles. The number of hydrogen-bond acceptors (Lipinski definition) is 5. The third-order valence-electron chi connectivity index (χ3n) is 5.04. The minimum absolute atomic E-state index is 0.125. The number of methoxy groups -OCH3 is 1. The first-order valence-electron chi connectivity index (χ1n) is 9.38. The Morgan fingerprint density at radius 3 is 2.43 bits per heavy atom. The largest absolute Gasteiger partial charge is 0.468 e. The Hall–Kier alpha value is -2.41. The van der Waals surface area contributed by atoms with Crippen LogP contribution in [0.5, 0.6) is 0 Å². The van der Waals surface area contributed by atoms with E-state index in [1.165, 1.54) is 13.2 Å². The van der Waals surface area contributed by atoms with Gasteiger partial charge >= 0.3 is 12.1 Å². The van der Waals surface area contributed by atoms with E-state index in [4.69, 9.17) is 21.7 Å². The van der Waals surface area contributed by atoms with Crippen LogP contribution in [0.25, 0.3) is 0 Å². The van der Waals surface area contributed by atoms with Crippen LogP contribution >= 0.6 is 12.2 Å². The normalized spacial score (nSPS) is 20.8. The van der Waals surface area contributed by atoms with Gasteiger partial charge in [0.15, 0.2) is 0 Å². The number of thiocarbonyl (C=S) groups is 1. The minimum atomic E-state index is -0.804. The van der Waals surface area contributed by atoms with Crippen LogP contribution in [-0.2, 0) is 20.9 Å². The predicted octanol–water partition coefficient (Wildman–Crippen LogP) is 3.46. The van der Waals surface area contributed by atoms with E-state index < -0.39 is 24.0 Å². The van der Waals surface area contributed by atoms with Crippen molar-refractivity contribution < 1.29 is 19.1 Å². The van der Waals surface area contributed by atoms with Gasteiger partial charge in [-0.1, -0.05) is 48.6 Å². The van der Waals surface area contributed by atoms with Gasteiger partial charge in [-0.15, -0.1) is 6.58 Å². The van der Waals surface area contributed by atoms with Crippen LogP contribution in [0.3, 0.4) is 0 Å². The maximum Gasteiger partial charge on any atom is 0.408 e. The average molecular weight is 405 g/mol. The van der Waals surface area contributed by atoms with Gasteiger partial charge < -0.3 is 19.7 Å². The van der Waals surface area contributed by atoms with Crippen molar-refractivity contribution in [1.29, 1.82) is 0 Å². The van der Waals surface area contributed by atoms with E-state index in [0.717, 1.165) is 18.4 Å². The molecule has 7 heteroatoms. The first-order chi connectivity index (χ1) is 13.4. The Balaban J connectivity index is 2.15. The summed E-state index contributed by atoms with van der Waals surface area (Å²) in [5.41, 5.74) is 0.867. The molecule has 1 amide bonds. The molecule has 0 aliphatic carbocycles. The number of likely N-dealkylation sites (tertiary alicyclic amines) is 1. The molecule has 1 aliphatic rings. The topological polar surface area (TPSA) is 67.9 Å². The third kappa shape index (κ3) is 5.32. The highest BCUT2D eigenvalue weighted by Crippen LogP contribution is 2.27. The lowest BCUT2D eigenvalue weighted by atomic mass is 9.98. The molecule has 0 bridgehead atoms. The number of carbonyl (C=O) groups excluding carboxylic acids is 2. The molecular weight excluding hydrogens is 376 g/mol. The molecule has 1 unspecified atom stereocenters. The number of nitrogens with zero attached hydrogens (tertiary/aromatic N) is 1. The van der Waals surface area contributed by atoms with E-state index in [0.29, 0.717) is 4.99 Å². The molecule has 1 aromatic rings. The number of ether oxygens (including phenoxy) is 2. The Labute approximate surface area is 171 Å². The zero-order valence-corrected chi connectivity index (χ0v) is 17.4. The van der Waals surface area contributed by atoms with Crippen LogP contribution < -0.4 is 5.32 Å². The summed E-state index contributed by atoms with van der Waals surface area (Å²) in [6.07, 6.45) is 2.81. The average Bonchev–Trinajstić information content (AvgIpc) is 3.04. The van der Waals surface area contributed by atoms with E-state index in [9.17, 15) is 9.59 Å². The van der Waals surface area contributed by atoms with Crippen molar-refractivity contribution in [1.82, 2.24) is 10.2 Å². The second-order valence-electron chi connectivity index (χ2n) is 6.99. The van der Waals surface area contributed by atoms with E-state index >= 15 is 0 Å². The van der Waals surface area contributed by atoms with Gasteiger partial charge in [-0.3, -0.25) is 4.79 Å². The van der Waals surface area contributed by atoms with Crippen LogP contribution in [-0.4, -0.2) is 47.2 Å². The zero-order chi connectivity index (χ0) is 20.7. The molecule has 0 radical (unpaired) electrons. The van der Waals surface area contributed by atoms with Crippen molar-refractivity contribution in [2.24, 2.45) is 5.92 Å². The molecule has 152 valence electrons. The molecule has 1 aliphatic heterocycles. The summed E-state index contributed by atoms with van der Waals surface area (Å²) in [6.45, 7) is 8.02. The number of carbonyl (C=O) groups is 2. The minimum Gasteiger partial charge on any atom is -0.468 e. The smallest absolute Gasteiger partial charge is 0.408 e. The Morgan fingerprint density at radius 2 is 1.89 bits per heavy atom. The Morgan fingerprint density at radius 1 is 1.29 bits per heavy atom. The van der Waals surface area contributed by atoms with Gasteiger partial charge in [-0.2, -0.15) is 0 Å². The molecule has 0 saturated carbocycles. The van der Waals surface area contributed by atoms with Gasteiger partial charge in [0.1, 0.15) is 17.5 Å². The fourth-order valence-electron chi connectivity index (χ4n) is 3.49. The highest BCUT2D eigenvalue weighted by atomic mass is 32.1. The number of benzene rings is 1. The van der Waals surface area contributed by atoms with Crippen LogP contribution in [0.2, 0.25) is 0 Å². The summed E-state index contributed by atoms with van der Waals surface area (Å²) in [5.74, 6) is -1.31. The molecule has 1 fully saturated rings. The Bertz CT molecular complexity index is 700. The molecule has 6 nitrogen and oxygen atoms in total. The predicted molar refractivity (Wildman–Crippen MR) is 112 cm³/mol. The maximum absolute atomic E-state index is 12.4. The van der Waals surface area contributed by atoms with Crippen molar-refractivity contribution in [2.45, 2.75) is 51.4 Å². The van der Waals surface area contributed by atoms with Gasteiger partial charge in [0, 0.05) is 12.1 Å². The number of nitrogens with one attached hydrogen (secondary N) is 1.